The number of hydrogen-bond donors (Lipinski definition) is 1. The third-order valence-corrected chi connectivity index (χ3v) is 4.03. The van der Waals surface area contributed by atoms with Gasteiger partial charge in [0.15, 0.2) is 11.5 Å². The Morgan fingerprint density at radius 2 is 1.54 bits per heavy atom. The Hall–Kier alpha value is -2.48. The number of methoxy groups -OCH3 is 3. The van der Waals surface area contributed by atoms with Gasteiger partial charge in [-0.25, -0.2) is 0 Å². The Kier molecular flexibility index (Phi) is 5.86. The fourth-order valence-electron chi connectivity index (χ4n) is 2.73. The van der Waals surface area contributed by atoms with Gasteiger partial charge in [0.25, 0.3) is 5.91 Å². The van der Waals surface area contributed by atoms with Crippen LogP contribution in [0.4, 0.5) is 0 Å². The quantitative estimate of drug-likeness (QED) is 0.810. The molecule has 2 amide bonds. The predicted octanol–water partition coefficient (Wildman–Crippen LogP) is -0.0445. The molecule has 1 aromatic rings. The van der Waals surface area contributed by atoms with Crippen LogP contribution in [0.2, 0.25) is 0 Å². The van der Waals surface area contributed by atoms with Gasteiger partial charge < -0.3 is 29.7 Å². The average Bonchev–Trinajstić information content (AvgIpc) is 2.65. The maximum absolute atomic E-state index is 12.8. The third kappa shape index (κ3) is 3.38. The van der Waals surface area contributed by atoms with Crippen molar-refractivity contribution in [1.29, 1.82) is 0 Å². The second kappa shape index (κ2) is 7.87. The van der Waals surface area contributed by atoms with Crippen molar-refractivity contribution in [1.82, 2.24) is 9.80 Å². The van der Waals surface area contributed by atoms with Gasteiger partial charge in [-0.05, 0) is 12.1 Å². The van der Waals surface area contributed by atoms with E-state index in [1.54, 1.807) is 21.9 Å². The minimum atomic E-state index is -0.173. The fourth-order valence-corrected chi connectivity index (χ4v) is 2.73. The standard InChI is InChI=1S/C16H23N3O5/c1-22-12-5-4-11(14(23-2)15(12)24-3)16(21)19-8-6-18(7-9-19)13(20)10-17/h4-5H,6-10,17H2,1-3H3. The van der Waals surface area contributed by atoms with E-state index in [-0.39, 0.29) is 18.4 Å². The summed E-state index contributed by atoms with van der Waals surface area (Å²) in [6, 6.07) is 3.32. The highest BCUT2D eigenvalue weighted by atomic mass is 16.5. The average molecular weight is 337 g/mol. The van der Waals surface area contributed by atoms with Crippen LogP contribution >= 0.6 is 0 Å². The third-order valence-electron chi connectivity index (χ3n) is 4.03. The van der Waals surface area contributed by atoms with Crippen LogP contribution in [-0.4, -0.2) is 75.7 Å². The monoisotopic (exact) mass is 337 g/mol. The summed E-state index contributed by atoms with van der Waals surface area (Å²) >= 11 is 0. The van der Waals surface area contributed by atoms with E-state index in [0.29, 0.717) is 49.0 Å². The highest BCUT2D eigenvalue weighted by molar-refractivity contribution is 5.98. The Morgan fingerprint density at radius 1 is 0.958 bits per heavy atom. The largest absolute Gasteiger partial charge is 0.493 e. The van der Waals surface area contributed by atoms with E-state index in [1.807, 2.05) is 0 Å². The minimum absolute atomic E-state index is 0.0164. The molecule has 0 saturated carbocycles. The molecule has 1 aliphatic heterocycles. The van der Waals surface area contributed by atoms with Crippen LogP contribution in [0.15, 0.2) is 12.1 Å². The molecule has 0 bridgehead atoms. The van der Waals surface area contributed by atoms with E-state index >= 15 is 0 Å². The normalized spacial score (nSPS) is 14.3. The molecule has 1 saturated heterocycles. The number of nitrogens with zero attached hydrogens (tertiary/aromatic N) is 2. The number of carbonyl (C=O) groups is 2. The number of hydrogen-bond acceptors (Lipinski definition) is 6. The molecule has 0 atom stereocenters. The van der Waals surface area contributed by atoms with Crippen molar-refractivity contribution in [2.45, 2.75) is 0 Å². The lowest BCUT2D eigenvalue weighted by atomic mass is 10.1. The van der Waals surface area contributed by atoms with E-state index in [4.69, 9.17) is 19.9 Å². The second-order valence-corrected chi connectivity index (χ2v) is 5.26. The number of ether oxygens (including phenoxy) is 3. The van der Waals surface area contributed by atoms with Gasteiger partial charge in [0, 0.05) is 26.2 Å². The molecule has 0 aliphatic carbocycles. The molecule has 1 heterocycles. The van der Waals surface area contributed by atoms with Crippen LogP contribution in [-0.2, 0) is 4.79 Å². The van der Waals surface area contributed by atoms with Gasteiger partial charge in [-0.1, -0.05) is 0 Å². The highest BCUT2D eigenvalue weighted by Gasteiger charge is 2.28. The first-order valence-corrected chi connectivity index (χ1v) is 7.63. The maximum Gasteiger partial charge on any atom is 0.257 e. The molecule has 8 heteroatoms. The molecule has 2 rings (SSSR count). The fraction of sp³-hybridized carbons (Fsp3) is 0.500. The number of benzene rings is 1. The Morgan fingerprint density at radius 3 is 2.04 bits per heavy atom. The second-order valence-electron chi connectivity index (χ2n) is 5.26. The summed E-state index contributed by atoms with van der Waals surface area (Å²) in [5.41, 5.74) is 5.77. The molecule has 1 fully saturated rings. The van der Waals surface area contributed by atoms with Crippen molar-refractivity contribution in [3.05, 3.63) is 17.7 Å². The molecule has 132 valence electrons. The maximum atomic E-state index is 12.8. The van der Waals surface area contributed by atoms with Crippen molar-refractivity contribution in [2.24, 2.45) is 5.73 Å². The van der Waals surface area contributed by atoms with E-state index in [0.717, 1.165) is 0 Å². The Labute approximate surface area is 141 Å². The Balaban J connectivity index is 2.20. The first-order valence-electron chi connectivity index (χ1n) is 7.63. The molecular formula is C16H23N3O5. The van der Waals surface area contributed by atoms with Crippen LogP contribution < -0.4 is 19.9 Å². The highest BCUT2D eigenvalue weighted by Crippen LogP contribution is 2.40. The molecule has 1 aromatic carbocycles. The van der Waals surface area contributed by atoms with Crippen LogP contribution in [0.5, 0.6) is 17.2 Å². The van der Waals surface area contributed by atoms with Crippen LogP contribution in [0.3, 0.4) is 0 Å². The Bertz CT molecular complexity index is 612. The summed E-state index contributed by atoms with van der Waals surface area (Å²) in [7, 11) is 4.49. The van der Waals surface area contributed by atoms with Crippen LogP contribution in [0.25, 0.3) is 0 Å². The van der Waals surface area contributed by atoms with Crippen molar-refractivity contribution >= 4 is 11.8 Å². The lowest BCUT2D eigenvalue weighted by Gasteiger charge is -2.35. The number of amides is 2. The molecule has 0 aromatic heterocycles. The lowest BCUT2D eigenvalue weighted by Crippen LogP contribution is -2.51. The zero-order valence-electron chi connectivity index (χ0n) is 14.2. The van der Waals surface area contributed by atoms with Gasteiger partial charge in [-0.3, -0.25) is 9.59 Å². The topological polar surface area (TPSA) is 94.3 Å². The molecule has 1 aliphatic rings. The van der Waals surface area contributed by atoms with Crippen LogP contribution in [0, 0.1) is 0 Å². The first-order chi connectivity index (χ1) is 11.6. The van der Waals surface area contributed by atoms with E-state index in [2.05, 4.69) is 0 Å². The molecule has 8 nitrogen and oxygen atoms in total. The summed E-state index contributed by atoms with van der Waals surface area (Å²) in [6.07, 6.45) is 0. The van der Waals surface area contributed by atoms with Gasteiger partial charge in [0.05, 0.1) is 33.4 Å². The molecule has 0 radical (unpaired) electrons. The SMILES string of the molecule is COc1ccc(C(=O)N2CCN(C(=O)CN)CC2)c(OC)c1OC. The molecule has 0 unspecified atom stereocenters. The zero-order chi connectivity index (χ0) is 17.7. The molecule has 2 N–H and O–H groups in total. The first kappa shape index (κ1) is 17.9. The van der Waals surface area contributed by atoms with Crippen LogP contribution in [0.1, 0.15) is 10.4 Å². The smallest absolute Gasteiger partial charge is 0.257 e. The molecule has 0 spiro atoms. The van der Waals surface area contributed by atoms with Crippen molar-refractivity contribution < 1.29 is 23.8 Å². The lowest BCUT2D eigenvalue weighted by molar-refractivity contribution is -0.131. The predicted molar refractivity (Wildman–Crippen MR) is 87.6 cm³/mol. The van der Waals surface area contributed by atoms with Crippen molar-refractivity contribution in [2.75, 3.05) is 54.1 Å². The summed E-state index contributed by atoms with van der Waals surface area (Å²) in [5.74, 6) is 0.924. The van der Waals surface area contributed by atoms with Gasteiger partial charge in [0.2, 0.25) is 11.7 Å². The van der Waals surface area contributed by atoms with E-state index in [1.165, 1.54) is 21.3 Å². The summed E-state index contributed by atoms with van der Waals surface area (Å²) in [6.45, 7) is 1.82. The van der Waals surface area contributed by atoms with Gasteiger partial charge >= 0.3 is 0 Å². The van der Waals surface area contributed by atoms with Crippen molar-refractivity contribution in [3.8, 4) is 17.2 Å². The van der Waals surface area contributed by atoms with E-state index < -0.39 is 0 Å². The molecular weight excluding hydrogens is 314 g/mol. The summed E-state index contributed by atoms with van der Waals surface area (Å²) in [4.78, 5) is 27.8. The van der Waals surface area contributed by atoms with Gasteiger partial charge in [-0.15, -0.1) is 0 Å². The summed E-state index contributed by atoms with van der Waals surface area (Å²) < 4.78 is 15.9. The number of piperazine rings is 1. The number of nitrogens with two attached hydrogens (primary N) is 1. The van der Waals surface area contributed by atoms with Gasteiger partial charge in [0.1, 0.15) is 0 Å². The zero-order valence-corrected chi connectivity index (χ0v) is 14.2. The number of rotatable bonds is 5. The van der Waals surface area contributed by atoms with E-state index in [9.17, 15) is 9.59 Å². The molecule has 24 heavy (non-hydrogen) atoms. The van der Waals surface area contributed by atoms with Crippen molar-refractivity contribution in [3.63, 3.8) is 0 Å². The van der Waals surface area contributed by atoms with Gasteiger partial charge in [-0.2, -0.15) is 0 Å². The summed E-state index contributed by atoms with van der Waals surface area (Å²) in [5, 5.41) is 0. The number of carbonyl (C=O) groups excluding carboxylic acids is 2. The minimum Gasteiger partial charge on any atom is -0.493 e.